The molecule has 0 fully saturated rings. The van der Waals surface area contributed by atoms with Gasteiger partial charge in [-0.1, -0.05) is 30.4 Å². The average Bonchev–Trinajstić information content (AvgIpc) is 2.79. The van der Waals surface area contributed by atoms with E-state index in [1.54, 1.807) is 30.3 Å². The van der Waals surface area contributed by atoms with Crippen molar-refractivity contribution in [2.45, 2.75) is 11.8 Å². The number of benzene rings is 1. The summed E-state index contributed by atoms with van der Waals surface area (Å²) in [6.45, 7) is 6.22. The van der Waals surface area contributed by atoms with Crippen LogP contribution < -0.4 is 0 Å². The molecule has 94 valence electrons. The van der Waals surface area contributed by atoms with Crippen molar-refractivity contribution in [2.24, 2.45) is 0 Å². The summed E-state index contributed by atoms with van der Waals surface area (Å²) in [5, 5.41) is 0. The van der Waals surface area contributed by atoms with E-state index < -0.39 is 10.0 Å². The van der Waals surface area contributed by atoms with Gasteiger partial charge in [-0.25, -0.2) is 8.42 Å². The lowest BCUT2D eigenvalue weighted by Gasteiger charge is -2.16. The van der Waals surface area contributed by atoms with E-state index in [0.29, 0.717) is 18.0 Å². The molecule has 0 bridgehead atoms. The molecule has 0 saturated heterocycles. The third-order valence-electron chi connectivity index (χ3n) is 2.86. The summed E-state index contributed by atoms with van der Waals surface area (Å²) in [5.74, 6) is 0. The van der Waals surface area contributed by atoms with Crippen molar-refractivity contribution in [1.29, 1.82) is 0 Å². The van der Waals surface area contributed by atoms with E-state index in [-0.39, 0.29) is 0 Å². The van der Waals surface area contributed by atoms with Crippen molar-refractivity contribution >= 4 is 10.0 Å². The predicted molar refractivity (Wildman–Crippen MR) is 71.7 cm³/mol. The largest absolute Gasteiger partial charge is 0.243 e. The summed E-state index contributed by atoms with van der Waals surface area (Å²) in [5.41, 5.74) is 4.64. The molecule has 0 saturated carbocycles. The highest BCUT2D eigenvalue weighted by Gasteiger charge is 2.27. The summed E-state index contributed by atoms with van der Waals surface area (Å²) in [4.78, 5) is 0.338. The first-order valence-electron chi connectivity index (χ1n) is 5.66. The molecule has 0 N–H and O–H groups in total. The Kier molecular flexibility index (Phi) is 3.53. The quantitative estimate of drug-likeness (QED) is 0.783. The molecule has 1 aliphatic rings. The lowest BCUT2D eigenvalue weighted by atomic mass is 10.2. The van der Waals surface area contributed by atoms with Crippen molar-refractivity contribution in [3.05, 3.63) is 59.9 Å². The SMILES string of the molecule is C=C=CC1=CCN(S(=O)(=O)c2ccc(C)cc2)C1. The number of hydrogen-bond donors (Lipinski definition) is 0. The maximum Gasteiger partial charge on any atom is 0.243 e. The average molecular weight is 261 g/mol. The van der Waals surface area contributed by atoms with E-state index in [9.17, 15) is 8.42 Å². The van der Waals surface area contributed by atoms with E-state index in [1.807, 2.05) is 13.0 Å². The van der Waals surface area contributed by atoms with Gasteiger partial charge in [0, 0.05) is 13.1 Å². The van der Waals surface area contributed by atoms with Gasteiger partial charge in [0.2, 0.25) is 10.0 Å². The van der Waals surface area contributed by atoms with Crippen LogP contribution in [0.2, 0.25) is 0 Å². The van der Waals surface area contributed by atoms with Crippen LogP contribution in [0.4, 0.5) is 0 Å². The van der Waals surface area contributed by atoms with Gasteiger partial charge in [-0.3, -0.25) is 0 Å². The van der Waals surface area contributed by atoms with E-state index in [4.69, 9.17) is 0 Å². The lowest BCUT2D eigenvalue weighted by Crippen LogP contribution is -2.29. The molecule has 0 aliphatic carbocycles. The maximum absolute atomic E-state index is 12.3. The van der Waals surface area contributed by atoms with Crippen molar-refractivity contribution in [3.8, 4) is 0 Å². The van der Waals surface area contributed by atoms with Crippen LogP contribution in [0, 0.1) is 6.92 Å². The molecule has 0 unspecified atom stereocenters. The van der Waals surface area contributed by atoms with Gasteiger partial charge >= 0.3 is 0 Å². The second-order valence-electron chi connectivity index (χ2n) is 4.24. The third kappa shape index (κ3) is 2.46. The van der Waals surface area contributed by atoms with Gasteiger partial charge < -0.3 is 0 Å². The highest BCUT2D eigenvalue weighted by molar-refractivity contribution is 7.89. The fourth-order valence-corrected chi connectivity index (χ4v) is 3.20. The summed E-state index contributed by atoms with van der Waals surface area (Å²) in [6, 6.07) is 6.90. The Bertz CT molecular complexity index is 620. The molecule has 1 heterocycles. The monoisotopic (exact) mass is 261 g/mol. The molecule has 4 heteroatoms. The minimum atomic E-state index is -3.39. The highest BCUT2D eigenvalue weighted by atomic mass is 32.2. The number of rotatable bonds is 3. The molecule has 0 atom stereocenters. The Morgan fingerprint density at radius 3 is 2.61 bits per heavy atom. The van der Waals surface area contributed by atoms with Gasteiger partial charge in [0.25, 0.3) is 0 Å². The fraction of sp³-hybridized carbons (Fsp3) is 0.214. The van der Waals surface area contributed by atoms with Gasteiger partial charge in [-0.15, -0.1) is 5.73 Å². The van der Waals surface area contributed by atoms with E-state index in [1.165, 1.54) is 4.31 Å². The predicted octanol–water partition coefficient (Wildman–Crippen LogP) is 2.27. The number of nitrogens with zero attached hydrogens (tertiary/aromatic N) is 1. The topological polar surface area (TPSA) is 37.4 Å². The molecular weight excluding hydrogens is 246 g/mol. The van der Waals surface area contributed by atoms with Crippen LogP contribution in [0.15, 0.2) is 59.2 Å². The molecule has 2 rings (SSSR count). The van der Waals surface area contributed by atoms with Crippen LogP contribution >= 0.6 is 0 Å². The molecule has 18 heavy (non-hydrogen) atoms. The van der Waals surface area contributed by atoms with Crippen molar-refractivity contribution in [3.63, 3.8) is 0 Å². The molecule has 1 aromatic rings. The van der Waals surface area contributed by atoms with Crippen LogP contribution in [-0.2, 0) is 10.0 Å². The number of hydrogen-bond acceptors (Lipinski definition) is 2. The molecule has 3 nitrogen and oxygen atoms in total. The van der Waals surface area contributed by atoms with Crippen molar-refractivity contribution in [2.75, 3.05) is 13.1 Å². The van der Waals surface area contributed by atoms with E-state index in [0.717, 1.165) is 11.1 Å². The van der Waals surface area contributed by atoms with Crippen LogP contribution in [0.5, 0.6) is 0 Å². The Morgan fingerprint density at radius 1 is 1.33 bits per heavy atom. The Hall–Kier alpha value is -1.61. The maximum atomic E-state index is 12.3. The standard InChI is InChI=1S/C14H15NO2S/c1-3-4-13-9-10-15(11-13)18(16,17)14-7-5-12(2)6-8-14/h4-9H,1,10-11H2,2H3. The van der Waals surface area contributed by atoms with Gasteiger partial charge in [-0.2, -0.15) is 4.31 Å². The molecule has 1 aliphatic heterocycles. The second kappa shape index (κ2) is 4.94. The zero-order valence-corrected chi connectivity index (χ0v) is 11.1. The molecular formula is C14H15NO2S. The van der Waals surface area contributed by atoms with Crippen molar-refractivity contribution < 1.29 is 8.42 Å². The van der Waals surface area contributed by atoms with Gasteiger partial charge in [-0.05, 0) is 30.7 Å². The molecule has 0 radical (unpaired) electrons. The first kappa shape index (κ1) is 12.8. The third-order valence-corrected chi connectivity index (χ3v) is 4.69. The summed E-state index contributed by atoms with van der Waals surface area (Å²) < 4.78 is 26.1. The summed E-state index contributed by atoms with van der Waals surface area (Å²) in [6.07, 6.45) is 3.59. The van der Waals surface area contributed by atoms with Crippen LogP contribution in [0.3, 0.4) is 0 Å². The normalized spacial score (nSPS) is 16.2. The molecule has 0 amide bonds. The zero-order valence-electron chi connectivity index (χ0n) is 10.3. The van der Waals surface area contributed by atoms with Crippen LogP contribution in [0.1, 0.15) is 5.56 Å². The van der Waals surface area contributed by atoms with Gasteiger partial charge in [0.1, 0.15) is 0 Å². The fourth-order valence-electron chi connectivity index (χ4n) is 1.83. The number of aryl methyl sites for hydroxylation is 1. The lowest BCUT2D eigenvalue weighted by molar-refractivity contribution is 0.485. The Balaban J connectivity index is 2.24. The van der Waals surface area contributed by atoms with Crippen molar-refractivity contribution in [1.82, 2.24) is 4.31 Å². The molecule has 0 aromatic heterocycles. The molecule has 0 spiro atoms. The van der Waals surface area contributed by atoms with Gasteiger partial charge in [0.05, 0.1) is 4.90 Å². The van der Waals surface area contributed by atoms with E-state index >= 15 is 0 Å². The first-order chi connectivity index (χ1) is 8.54. The summed E-state index contributed by atoms with van der Waals surface area (Å²) in [7, 11) is -3.39. The smallest absolute Gasteiger partial charge is 0.207 e. The Labute approximate surface area is 108 Å². The second-order valence-corrected chi connectivity index (χ2v) is 6.18. The van der Waals surface area contributed by atoms with Crippen LogP contribution in [-0.4, -0.2) is 25.8 Å². The minimum Gasteiger partial charge on any atom is -0.207 e. The highest BCUT2D eigenvalue weighted by Crippen LogP contribution is 2.21. The van der Waals surface area contributed by atoms with E-state index in [2.05, 4.69) is 12.3 Å². The van der Waals surface area contributed by atoms with Gasteiger partial charge in [0.15, 0.2) is 0 Å². The first-order valence-corrected chi connectivity index (χ1v) is 7.10. The Morgan fingerprint density at radius 2 is 2.00 bits per heavy atom. The minimum absolute atomic E-state index is 0.338. The zero-order chi connectivity index (χ0) is 13.2. The molecule has 1 aromatic carbocycles. The van der Waals surface area contributed by atoms with Crippen LogP contribution in [0.25, 0.3) is 0 Å². The number of sulfonamides is 1. The summed E-state index contributed by atoms with van der Waals surface area (Å²) >= 11 is 0.